The van der Waals surface area contributed by atoms with Gasteiger partial charge in [0.05, 0.1) is 0 Å². The van der Waals surface area contributed by atoms with Gasteiger partial charge in [0.15, 0.2) is 0 Å². The third-order valence-electron chi connectivity index (χ3n) is 3.30. The molecule has 4 heteroatoms. The lowest BCUT2D eigenvalue weighted by atomic mass is 10.1. The summed E-state index contributed by atoms with van der Waals surface area (Å²) in [5.74, 6) is -0.729. The summed E-state index contributed by atoms with van der Waals surface area (Å²) in [7, 11) is 0. The maximum Gasteiger partial charge on any atom is 0.325 e. The van der Waals surface area contributed by atoms with Gasteiger partial charge >= 0.3 is 5.97 Å². The number of nitrogens with one attached hydrogen (secondary N) is 1. The molecule has 1 amide bonds. The van der Waals surface area contributed by atoms with E-state index in [1.165, 1.54) is 0 Å². The number of aryl methyl sites for hydroxylation is 2. The molecule has 0 heterocycles. The van der Waals surface area contributed by atoms with Crippen LogP contribution in [0.1, 0.15) is 27.0 Å². The molecule has 0 atom stereocenters. The van der Waals surface area contributed by atoms with Gasteiger partial charge in [-0.3, -0.25) is 9.59 Å². The molecule has 114 valence electrons. The number of ether oxygens (including phenoxy) is 1. The molecule has 0 spiro atoms. The molecular weight excluding hydrogens is 278 g/mol. The number of benzene rings is 2. The Kier molecular flexibility index (Phi) is 5.31. The molecule has 0 aliphatic rings. The van der Waals surface area contributed by atoms with Crippen LogP contribution in [-0.4, -0.2) is 18.4 Å². The van der Waals surface area contributed by atoms with Gasteiger partial charge in [0.25, 0.3) is 5.91 Å². The summed E-state index contributed by atoms with van der Waals surface area (Å²) in [4.78, 5) is 23.6. The Hall–Kier alpha value is -2.62. The molecule has 0 unspecified atom stereocenters. The quantitative estimate of drug-likeness (QED) is 0.863. The van der Waals surface area contributed by atoms with Gasteiger partial charge in [-0.05, 0) is 31.0 Å². The topological polar surface area (TPSA) is 55.4 Å². The maximum absolute atomic E-state index is 12.0. The van der Waals surface area contributed by atoms with Crippen LogP contribution in [0.2, 0.25) is 0 Å². The number of hydrogen-bond acceptors (Lipinski definition) is 3. The van der Waals surface area contributed by atoms with Gasteiger partial charge in [0.1, 0.15) is 13.2 Å². The van der Waals surface area contributed by atoms with Gasteiger partial charge in [-0.25, -0.2) is 0 Å². The molecule has 0 saturated heterocycles. The predicted octanol–water partition coefficient (Wildman–Crippen LogP) is 2.78. The first kappa shape index (κ1) is 15.8. The minimum atomic E-state index is -0.456. The highest BCUT2D eigenvalue weighted by Crippen LogP contribution is 2.07. The number of hydrogen-bond donors (Lipinski definition) is 1. The second-order valence-electron chi connectivity index (χ2n) is 5.14. The van der Waals surface area contributed by atoms with Crippen LogP contribution >= 0.6 is 0 Å². The van der Waals surface area contributed by atoms with Crippen LogP contribution in [0.15, 0.2) is 48.5 Å². The molecule has 0 aromatic heterocycles. The summed E-state index contributed by atoms with van der Waals surface area (Å²) in [6.07, 6.45) is 0. The molecule has 2 rings (SSSR count). The Bertz CT molecular complexity index is 662. The third-order valence-corrected chi connectivity index (χ3v) is 3.30. The van der Waals surface area contributed by atoms with Crippen molar-refractivity contribution >= 4 is 11.9 Å². The molecule has 0 aliphatic heterocycles. The Morgan fingerprint density at radius 1 is 1.00 bits per heavy atom. The zero-order valence-electron chi connectivity index (χ0n) is 12.8. The molecule has 0 aliphatic carbocycles. The fraction of sp³-hybridized carbons (Fsp3) is 0.222. The first-order chi connectivity index (χ1) is 10.6. The molecule has 0 bridgehead atoms. The summed E-state index contributed by atoms with van der Waals surface area (Å²) in [5, 5.41) is 2.57. The number of esters is 1. The fourth-order valence-electron chi connectivity index (χ4n) is 1.97. The van der Waals surface area contributed by atoms with E-state index in [9.17, 15) is 9.59 Å². The summed E-state index contributed by atoms with van der Waals surface area (Å²) in [6.45, 7) is 3.92. The second kappa shape index (κ2) is 7.41. The minimum absolute atomic E-state index is 0.140. The van der Waals surface area contributed by atoms with Crippen LogP contribution < -0.4 is 5.32 Å². The molecular formula is C18H19NO3. The predicted molar refractivity (Wildman–Crippen MR) is 84.5 cm³/mol. The van der Waals surface area contributed by atoms with Crippen LogP contribution in [0.3, 0.4) is 0 Å². The Balaban J connectivity index is 1.79. The van der Waals surface area contributed by atoms with E-state index in [0.29, 0.717) is 5.56 Å². The highest BCUT2D eigenvalue weighted by molar-refractivity contribution is 5.97. The van der Waals surface area contributed by atoms with E-state index in [1.54, 1.807) is 12.1 Å². The number of carbonyl (C=O) groups is 2. The number of carbonyl (C=O) groups excluding carboxylic acids is 2. The molecule has 0 saturated carbocycles. The molecule has 2 aromatic carbocycles. The van der Waals surface area contributed by atoms with Gasteiger partial charge in [-0.2, -0.15) is 0 Å². The highest BCUT2D eigenvalue weighted by atomic mass is 16.5. The molecule has 1 N–H and O–H groups in total. The van der Waals surface area contributed by atoms with Gasteiger partial charge in [0.2, 0.25) is 0 Å². The van der Waals surface area contributed by atoms with Crippen molar-refractivity contribution in [2.75, 3.05) is 6.54 Å². The minimum Gasteiger partial charge on any atom is -0.460 e. The maximum atomic E-state index is 12.0. The zero-order chi connectivity index (χ0) is 15.9. The van der Waals surface area contributed by atoms with E-state index < -0.39 is 5.97 Å². The van der Waals surface area contributed by atoms with Crippen LogP contribution in [0.5, 0.6) is 0 Å². The average molecular weight is 297 g/mol. The van der Waals surface area contributed by atoms with E-state index in [-0.39, 0.29) is 19.1 Å². The number of amides is 1. The molecule has 0 fully saturated rings. The SMILES string of the molecule is Cc1ccc(COC(=O)CNC(=O)c2ccccc2C)cc1. The fourth-order valence-corrected chi connectivity index (χ4v) is 1.97. The van der Waals surface area contributed by atoms with E-state index in [4.69, 9.17) is 4.74 Å². The monoisotopic (exact) mass is 297 g/mol. The Morgan fingerprint density at radius 3 is 2.36 bits per heavy atom. The van der Waals surface area contributed by atoms with Crippen LogP contribution in [0.4, 0.5) is 0 Å². The summed E-state index contributed by atoms with van der Waals surface area (Å²) in [5.41, 5.74) is 3.51. The lowest BCUT2D eigenvalue weighted by Gasteiger charge is -2.08. The summed E-state index contributed by atoms with van der Waals surface area (Å²) in [6, 6.07) is 15.0. The molecule has 22 heavy (non-hydrogen) atoms. The van der Waals surface area contributed by atoms with Crippen molar-refractivity contribution < 1.29 is 14.3 Å². The third kappa shape index (κ3) is 4.45. The first-order valence-corrected chi connectivity index (χ1v) is 7.11. The van der Waals surface area contributed by atoms with E-state index in [0.717, 1.165) is 16.7 Å². The Morgan fingerprint density at radius 2 is 1.68 bits per heavy atom. The van der Waals surface area contributed by atoms with Gasteiger partial charge in [-0.1, -0.05) is 48.0 Å². The van der Waals surface area contributed by atoms with Crippen molar-refractivity contribution in [3.8, 4) is 0 Å². The lowest BCUT2D eigenvalue weighted by Crippen LogP contribution is -2.31. The zero-order valence-corrected chi connectivity index (χ0v) is 12.8. The molecule has 0 radical (unpaired) electrons. The normalized spacial score (nSPS) is 10.1. The average Bonchev–Trinajstić information content (AvgIpc) is 2.52. The van der Waals surface area contributed by atoms with Gasteiger partial charge in [-0.15, -0.1) is 0 Å². The van der Waals surface area contributed by atoms with Gasteiger partial charge < -0.3 is 10.1 Å². The molecule has 4 nitrogen and oxygen atoms in total. The van der Waals surface area contributed by atoms with Crippen molar-refractivity contribution in [2.24, 2.45) is 0 Å². The van der Waals surface area contributed by atoms with E-state index in [1.807, 2.05) is 50.2 Å². The first-order valence-electron chi connectivity index (χ1n) is 7.11. The van der Waals surface area contributed by atoms with Crippen molar-refractivity contribution in [3.63, 3.8) is 0 Å². The summed E-state index contributed by atoms with van der Waals surface area (Å²) < 4.78 is 5.13. The second-order valence-corrected chi connectivity index (χ2v) is 5.14. The van der Waals surface area contributed by atoms with Crippen molar-refractivity contribution in [2.45, 2.75) is 20.5 Å². The van der Waals surface area contributed by atoms with Crippen molar-refractivity contribution in [3.05, 3.63) is 70.8 Å². The van der Waals surface area contributed by atoms with Gasteiger partial charge in [0, 0.05) is 5.56 Å². The highest BCUT2D eigenvalue weighted by Gasteiger charge is 2.10. The van der Waals surface area contributed by atoms with Crippen molar-refractivity contribution in [1.82, 2.24) is 5.32 Å². The molecule has 2 aromatic rings. The van der Waals surface area contributed by atoms with E-state index >= 15 is 0 Å². The van der Waals surface area contributed by atoms with E-state index in [2.05, 4.69) is 5.32 Å². The smallest absolute Gasteiger partial charge is 0.325 e. The van der Waals surface area contributed by atoms with Crippen LogP contribution in [-0.2, 0) is 16.1 Å². The number of rotatable bonds is 5. The standard InChI is InChI=1S/C18H19NO3/c1-13-7-9-15(10-8-13)12-22-17(20)11-19-18(21)16-6-4-3-5-14(16)2/h3-10H,11-12H2,1-2H3,(H,19,21). The lowest BCUT2D eigenvalue weighted by molar-refractivity contribution is -0.143. The van der Waals surface area contributed by atoms with Crippen LogP contribution in [0.25, 0.3) is 0 Å². The largest absolute Gasteiger partial charge is 0.460 e. The summed E-state index contributed by atoms with van der Waals surface area (Å²) >= 11 is 0. The van der Waals surface area contributed by atoms with Crippen LogP contribution in [0, 0.1) is 13.8 Å². The van der Waals surface area contributed by atoms with Crippen molar-refractivity contribution in [1.29, 1.82) is 0 Å². The Labute approximate surface area is 130 Å².